The predicted octanol–water partition coefficient (Wildman–Crippen LogP) is 2.87. The molecule has 0 saturated heterocycles. The van der Waals surface area contributed by atoms with Crippen LogP contribution in [0.15, 0.2) is 42.5 Å². The van der Waals surface area contributed by atoms with Gasteiger partial charge in [0, 0.05) is 19.5 Å². The molecule has 0 radical (unpaired) electrons. The monoisotopic (exact) mass is 382 g/mol. The number of hydrogen-bond acceptors (Lipinski definition) is 4. The summed E-state index contributed by atoms with van der Waals surface area (Å²) in [4.78, 5) is 26.4. The van der Waals surface area contributed by atoms with E-state index in [0.717, 1.165) is 16.9 Å². The number of anilines is 1. The number of nitrogens with zero attached hydrogens (tertiary/aromatic N) is 1. The summed E-state index contributed by atoms with van der Waals surface area (Å²) in [6, 6.07) is 13.4. The molecular formula is C22H26N2O4. The number of fused-ring (bicyclic) bond motifs is 1. The van der Waals surface area contributed by atoms with Crippen LogP contribution in [0.3, 0.4) is 0 Å². The molecule has 0 fully saturated rings. The Kier molecular flexibility index (Phi) is 6.19. The van der Waals surface area contributed by atoms with Crippen LogP contribution in [-0.4, -0.2) is 38.1 Å². The van der Waals surface area contributed by atoms with Crippen molar-refractivity contribution < 1.29 is 19.1 Å². The number of benzene rings is 2. The zero-order valence-electron chi connectivity index (χ0n) is 16.5. The predicted molar refractivity (Wildman–Crippen MR) is 108 cm³/mol. The molecule has 1 atom stereocenters. The van der Waals surface area contributed by atoms with Gasteiger partial charge in [0.05, 0.1) is 12.8 Å². The highest BCUT2D eigenvalue weighted by molar-refractivity contribution is 6.00. The van der Waals surface area contributed by atoms with Crippen LogP contribution in [0.5, 0.6) is 11.5 Å². The Morgan fingerprint density at radius 3 is 2.82 bits per heavy atom. The molecule has 6 heteroatoms. The van der Waals surface area contributed by atoms with Gasteiger partial charge < -0.3 is 19.7 Å². The van der Waals surface area contributed by atoms with Crippen molar-refractivity contribution in [3.05, 3.63) is 53.6 Å². The first-order valence-electron chi connectivity index (χ1n) is 9.47. The van der Waals surface area contributed by atoms with E-state index in [0.29, 0.717) is 30.9 Å². The van der Waals surface area contributed by atoms with Gasteiger partial charge in [0.1, 0.15) is 11.5 Å². The second-order valence-corrected chi connectivity index (χ2v) is 6.88. The van der Waals surface area contributed by atoms with Crippen molar-refractivity contribution in [2.24, 2.45) is 0 Å². The third-order valence-corrected chi connectivity index (χ3v) is 4.79. The number of amides is 2. The largest absolute Gasteiger partial charge is 0.496 e. The number of nitrogens with one attached hydrogen (secondary N) is 1. The fourth-order valence-electron chi connectivity index (χ4n) is 3.33. The Morgan fingerprint density at radius 1 is 1.25 bits per heavy atom. The van der Waals surface area contributed by atoms with Crippen LogP contribution in [0.4, 0.5) is 5.69 Å². The lowest BCUT2D eigenvalue weighted by atomic mass is 10.1. The molecule has 0 saturated carbocycles. The molecule has 0 bridgehead atoms. The summed E-state index contributed by atoms with van der Waals surface area (Å²) >= 11 is 0. The molecule has 2 aromatic rings. The van der Waals surface area contributed by atoms with Gasteiger partial charge in [-0.05, 0) is 44.0 Å². The van der Waals surface area contributed by atoms with Crippen molar-refractivity contribution in [3.8, 4) is 11.5 Å². The lowest BCUT2D eigenvalue weighted by Gasteiger charge is -2.32. The summed E-state index contributed by atoms with van der Waals surface area (Å²) in [5.74, 6) is 1.28. The van der Waals surface area contributed by atoms with E-state index >= 15 is 0 Å². The Labute approximate surface area is 165 Å². The van der Waals surface area contributed by atoms with Crippen molar-refractivity contribution in [3.63, 3.8) is 0 Å². The number of ether oxygens (including phenoxy) is 2. The molecule has 6 nitrogen and oxygen atoms in total. The lowest BCUT2D eigenvalue weighted by molar-refractivity contribution is -0.125. The van der Waals surface area contributed by atoms with Crippen LogP contribution in [0.25, 0.3) is 0 Å². The number of carbonyl (C=O) groups excluding carboxylic acids is 2. The summed E-state index contributed by atoms with van der Waals surface area (Å²) in [6.45, 7) is 4.59. The second kappa shape index (κ2) is 8.78. The number of carbonyl (C=O) groups is 2. The van der Waals surface area contributed by atoms with E-state index in [-0.39, 0.29) is 18.2 Å². The lowest BCUT2D eigenvalue weighted by Crippen LogP contribution is -2.45. The van der Waals surface area contributed by atoms with Gasteiger partial charge in [-0.2, -0.15) is 0 Å². The van der Waals surface area contributed by atoms with E-state index in [1.54, 1.807) is 18.9 Å². The maximum atomic E-state index is 12.5. The molecule has 0 spiro atoms. The molecule has 1 N–H and O–H groups in total. The van der Waals surface area contributed by atoms with Gasteiger partial charge >= 0.3 is 0 Å². The van der Waals surface area contributed by atoms with Gasteiger partial charge in [-0.15, -0.1) is 0 Å². The maximum Gasteiger partial charge on any atom is 0.267 e. The second-order valence-electron chi connectivity index (χ2n) is 6.88. The standard InChI is InChI=1S/C22H26N2O4/c1-15-8-9-19(27-3)17(14-15)10-12-23-21(25)11-13-24-18-6-4-5-7-20(18)28-16(2)22(24)26/h4-9,14,16H,10-13H2,1-3H3,(H,23,25). The van der Waals surface area contributed by atoms with E-state index in [2.05, 4.69) is 11.4 Å². The van der Waals surface area contributed by atoms with Crippen molar-refractivity contribution in [1.82, 2.24) is 5.32 Å². The highest BCUT2D eigenvalue weighted by atomic mass is 16.5. The van der Waals surface area contributed by atoms with Crippen molar-refractivity contribution in [2.45, 2.75) is 32.8 Å². The molecule has 3 rings (SSSR count). The first-order chi connectivity index (χ1) is 13.5. The van der Waals surface area contributed by atoms with Gasteiger partial charge in [0.15, 0.2) is 6.10 Å². The average Bonchev–Trinajstić information content (AvgIpc) is 2.68. The van der Waals surface area contributed by atoms with E-state index < -0.39 is 6.10 Å². The topological polar surface area (TPSA) is 67.9 Å². The first kappa shape index (κ1) is 19.7. The molecule has 1 aliphatic rings. The van der Waals surface area contributed by atoms with E-state index in [4.69, 9.17) is 9.47 Å². The molecule has 148 valence electrons. The van der Waals surface area contributed by atoms with E-state index in [1.807, 2.05) is 43.3 Å². The molecule has 2 amide bonds. The molecule has 1 heterocycles. The maximum absolute atomic E-state index is 12.5. The summed E-state index contributed by atoms with van der Waals surface area (Å²) in [5, 5.41) is 2.93. The van der Waals surface area contributed by atoms with E-state index in [9.17, 15) is 9.59 Å². The highest BCUT2D eigenvalue weighted by Crippen LogP contribution is 2.33. The van der Waals surface area contributed by atoms with Gasteiger partial charge in [0.25, 0.3) is 5.91 Å². The van der Waals surface area contributed by atoms with Crippen LogP contribution in [0.2, 0.25) is 0 Å². The van der Waals surface area contributed by atoms with Crippen LogP contribution >= 0.6 is 0 Å². The van der Waals surface area contributed by atoms with Gasteiger partial charge in [-0.1, -0.05) is 29.8 Å². The van der Waals surface area contributed by atoms with Crippen LogP contribution in [0.1, 0.15) is 24.5 Å². The van der Waals surface area contributed by atoms with Crippen molar-refractivity contribution in [1.29, 1.82) is 0 Å². The van der Waals surface area contributed by atoms with Crippen LogP contribution in [0, 0.1) is 6.92 Å². The Balaban J connectivity index is 1.54. The highest BCUT2D eigenvalue weighted by Gasteiger charge is 2.31. The SMILES string of the molecule is COc1ccc(C)cc1CCNC(=O)CCN1C(=O)C(C)Oc2ccccc21. The molecule has 0 aromatic heterocycles. The Morgan fingerprint density at radius 2 is 2.04 bits per heavy atom. The molecule has 0 aliphatic carbocycles. The summed E-state index contributed by atoms with van der Waals surface area (Å²) in [7, 11) is 1.64. The summed E-state index contributed by atoms with van der Waals surface area (Å²) in [6.07, 6.45) is 0.372. The fourth-order valence-corrected chi connectivity index (χ4v) is 3.33. The number of para-hydroxylation sites is 2. The molecular weight excluding hydrogens is 356 g/mol. The number of aryl methyl sites for hydroxylation is 1. The smallest absolute Gasteiger partial charge is 0.267 e. The first-order valence-corrected chi connectivity index (χ1v) is 9.47. The minimum absolute atomic E-state index is 0.0870. The molecule has 2 aromatic carbocycles. The fraction of sp³-hybridized carbons (Fsp3) is 0.364. The van der Waals surface area contributed by atoms with Crippen LogP contribution in [-0.2, 0) is 16.0 Å². The third kappa shape index (κ3) is 4.44. The molecule has 1 aliphatic heterocycles. The summed E-state index contributed by atoms with van der Waals surface area (Å²) < 4.78 is 11.0. The molecule has 1 unspecified atom stereocenters. The number of methoxy groups -OCH3 is 1. The van der Waals surface area contributed by atoms with E-state index in [1.165, 1.54) is 0 Å². The normalized spacial score (nSPS) is 15.6. The average molecular weight is 382 g/mol. The summed E-state index contributed by atoms with van der Waals surface area (Å²) in [5.41, 5.74) is 2.93. The van der Waals surface area contributed by atoms with Crippen LogP contribution < -0.4 is 19.7 Å². The number of hydrogen-bond donors (Lipinski definition) is 1. The minimum Gasteiger partial charge on any atom is -0.496 e. The third-order valence-electron chi connectivity index (χ3n) is 4.79. The quantitative estimate of drug-likeness (QED) is 0.800. The zero-order valence-corrected chi connectivity index (χ0v) is 16.5. The Hall–Kier alpha value is -3.02. The number of rotatable bonds is 7. The van der Waals surface area contributed by atoms with Crippen molar-refractivity contribution >= 4 is 17.5 Å². The molecule has 28 heavy (non-hydrogen) atoms. The van der Waals surface area contributed by atoms with Crippen molar-refractivity contribution in [2.75, 3.05) is 25.1 Å². The van der Waals surface area contributed by atoms with Gasteiger partial charge in [0.2, 0.25) is 5.91 Å². The minimum atomic E-state index is -0.549. The Bertz CT molecular complexity index is 865. The zero-order chi connectivity index (χ0) is 20.1. The van der Waals surface area contributed by atoms with Gasteiger partial charge in [-0.25, -0.2) is 0 Å². The van der Waals surface area contributed by atoms with Gasteiger partial charge in [-0.3, -0.25) is 9.59 Å².